The topological polar surface area (TPSA) is 81.4 Å². The van der Waals surface area contributed by atoms with Gasteiger partial charge in [-0.2, -0.15) is 0 Å². The van der Waals surface area contributed by atoms with Crippen molar-refractivity contribution in [2.75, 3.05) is 25.5 Å². The van der Waals surface area contributed by atoms with E-state index in [1.54, 1.807) is 6.07 Å². The number of hydrogen-bond donors (Lipinski definition) is 2. The molecule has 1 aromatic carbocycles. The van der Waals surface area contributed by atoms with Crippen molar-refractivity contribution in [2.24, 2.45) is 5.92 Å². The molecule has 0 unspecified atom stereocenters. The Kier molecular flexibility index (Phi) is 5.24. The zero-order valence-corrected chi connectivity index (χ0v) is 13.5. The van der Waals surface area contributed by atoms with Gasteiger partial charge in [0.1, 0.15) is 0 Å². The molecule has 0 spiro atoms. The van der Waals surface area contributed by atoms with Crippen molar-refractivity contribution in [3.05, 3.63) is 23.3 Å². The molecule has 1 saturated carbocycles. The molecule has 2 rings (SSSR count). The fourth-order valence-electron chi connectivity index (χ4n) is 2.01. The first-order valence-electron chi connectivity index (χ1n) is 7.34. The maximum absolute atomic E-state index is 12.2. The van der Waals surface area contributed by atoms with Crippen LogP contribution in [0.5, 0.6) is 0 Å². The van der Waals surface area contributed by atoms with Crippen LogP contribution >= 0.6 is 0 Å². The van der Waals surface area contributed by atoms with Crippen LogP contribution in [0.25, 0.3) is 0 Å². The third-order valence-corrected chi connectivity index (χ3v) is 5.24. The fraction of sp³-hybridized carbons (Fsp3) is 0.600. The summed E-state index contributed by atoms with van der Waals surface area (Å²) in [4.78, 5) is 0.224. The summed E-state index contributed by atoms with van der Waals surface area (Å²) in [5.41, 5.74) is 8.13. The van der Waals surface area contributed by atoms with Crippen molar-refractivity contribution in [3.63, 3.8) is 0 Å². The van der Waals surface area contributed by atoms with E-state index in [0.717, 1.165) is 23.7 Å². The predicted molar refractivity (Wildman–Crippen MR) is 83.7 cm³/mol. The minimum absolute atomic E-state index is 0.224. The van der Waals surface area contributed by atoms with Crippen LogP contribution in [0.1, 0.15) is 30.4 Å². The standard InChI is InChI=1S/C15H24N2O3S/c1-11-8-14(9-15(16)12(11)2)21(18,19)17-6-3-7-20-10-13-4-5-13/h8-9,13,17H,3-7,10,16H2,1-2H3. The number of sulfonamides is 1. The maximum atomic E-state index is 12.2. The molecule has 1 fully saturated rings. The monoisotopic (exact) mass is 312 g/mol. The Balaban J connectivity index is 1.83. The average Bonchev–Trinajstić information content (AvgIpc) is 3.23. The number of anilines is 1. The van der Waals surface area contributed by atoms with Crippen LogP contribution in [-0.2, 0) is 14.8 Å². The number of ether oxygens (including phenoxy) is 1. The van der Waals surface area contributed by atoms with Gasteiger partial charge >= 0.3 is 0 Å². The molecule has 0 heterocycles. The third-order valence-electron chi connectivity index (χ3n) is 3.80. The van der Waals surface area contributed by atoms with E-state index in [9.17, 15) is 8.42 Å². The van der Waals surface area contributed by atoms with Crippen molar-refractivity contribution in [3.8, 4) is 0 Å². The molecular weight excluding hydrogens is 288 g/mol. The van der Waals surface area contributed by atoms with Crippen molar-refractivity contribution in [1.29, 1.82) is 0 Å². The molecule has 21 heavy (non-hydrogen) atoms. The fourth-order valence-corrected chi connectivity index (χ4v) is 3.20. The Morgan fingerprint density at radius 3 is 2.67 bits per heavy atom. The molecule has 0 aliphatic heterocycles. The van der Waals surface area contributed by atoms with Gasteiger partial charge in [0.05, 0.1) is 4.90 Å². The second-order valence-corrected chi connectivity index (χ2v) is 7.49. The smallest absolute Gasteiger partial charge is 0.240 e. The number of nitrogen functional groups attached to an aromatic ring is 1. The second kappa shape index (κ2) is 6.77. The first kappa shape index (κ1) is 16.3. The zero-order chi connectivity index (χ0) is 15.5. The van der Waals surface area contributed by atoms with Crippen LogP contribution in [-0.4, -0.2) is 28.2 Å². The van der Waals surface area contributed by atoms with E-state index < -0.39 is 10.0 Å². The van der Waals surface area contributed by atoms with E-state index in [0.29, 0.717) is 25.3 Å². The van der Waals surface area contributed by atoms with Crippen LogP contribution < -0.4 is 10.5 Å². The van der Waals surface area contributed by atoms with E-state index >= 15 is 0 Å². The number of aryl methyl sites for hydroxylation is 1. The molecule has 1 aliphatic rings. The maximum Gasteiger partial charge on any atom is 0.240 e. The van der Waals surface area contributed by atoms with Crippen LogP contribution in [0.15, 0.2) is 17.0 Å². The summed E-state index contributed by atoms with van der Waals surface area (Å²) >= 11 is 0. The highest BCUT2D eigenvalue weighted by molar-refractivity contribution is 7.89. The summed E-state index contributed by atoms with van der Waals surface area (Å²) in [6, 6.07) is 3.16. The van der Waals surface area contributed by atoms with E-state index in [4.69, 9.17) is 10.5 Å². The Hall–Kier alpha value is -1.11. The number of nitrogens with two attached hydrogens (primary N) is 1. The molecule has 0 amide bonds. The van der Waals surface area contributed by atoms with Crippen LogP contribution in [0, 0.1) is 19.8 Å². The van der Waals surface area contributed by atoms with Crippen molar-refractivity contribution in [1.82, 2.24) is 4.72 Å². The van der Waals surface area contributed by atoms with E-state index in [1.165, 1.54) is 18.9 Å². The lowest BCUT2D eigenvalue weighted by molar-refractivity contribution is 0.123. The summed E-state index contributed by atoms with van der Waals surface area (Å²) in [5.74, 6) is 0.736. The second-order valence-electron chi connectivity index (χ2n) is 5.72. The van der Waals surface area contributed by atoms with Gasteiger partial charge in [0.2, 0.25) is 10.0 Å². The number of nitrogens with one attached hydrogen (secondary N) is 1. The summed E-state index contributed by atoms with van der Waals surface area (Å²) in [5, 5.41) is 0. The van der Waals surface area contributed by atoms with Gasteiger partial charge < -0.3 is 10.5 Å². The van der Waals surface area contributed by atoms with Crippen molar-refractivity contribution < 1.29 is 13.2 Å². The molecule has 0 atom stereocenters. The summed E-state index contributed by atoms with van der Waals surface area (Å²) in [7, 11) is -3.50. The molecule has 1 aromatic rings. The molecule has 0 radical (unpaired) electrons. The zero-order valence-electron chi connectivity index (χ0n) is 12.7. The first-order chi connectivity index (χ1) is 9.90. The van der Waals surface area contributed by atoms with E-state index in [-0.39, 0.29) is 4.90 Å². The molecule has 0 saturated heterocycles. The molecule has 118 valence electrons. The largest absolute Gasteiger partial charge is 0.398 e. The Morgan fingerprint density at radius 2 is 2.05 bits per heavy atom. The van der Waals surface area contributed by atoms with Gasteiger partial charge in [0.15, 0.2) is 0 Å². The van der Waals surface area contributed by atoms with Gasteiger partial charge in [-0.3, -0.25) is 0 Å². The van der Waals surface area contributed by atoms with E-state index in [1.807, 2.05) is 13.8 Å². The molecule has 0 bridgehead atoms. The van der Waals surface area contributed by atoms with Crippen LogP contribution in [0.2, 0.25) is 0 Å². The molecule has 3 N–H and O–H groups in total. The van der Waals surface area contributed by atoms with Crippen LogP contribution in [0.3, 0.4) is 0 Å². The summed E-state index contributed by atoms with van der Waals surface area (Å²) in [6.45, 7) is 5.51. The van der Waals surface area contributed by atoms with Gasteiger partial charge in [0.25, 0.3) is 0 Å². The number of rotatable bonds is 8. The van der Waals surface area contributed by atoms with Crippen molar-refractivity contribution in [2.45, 2.75) is 38.0 Å². The van der Waals surface area contributed by atoms with Gasteiger partial charge in [-0.15, -0.1) is 0 Å². The summed E-state index contributed by atoms with van der Waals surface area (Å²) in [6.07, 6.45) is 3.20. The van der Waals surface area contributed by atoms with E-state index in [2.05, 4.69) is 4.72 Å². The molecule has 6 heteroatoms. The summed E-state index contributed by atoms with van der Waals surface area (Å²) < 4.78 is 32.4. The third kappa shape index (κ3) is 4.69. The lowest BCUT2D eigenvalue weighted by Gasteiger charge is -2.11. The molecule has 0 aromatic heterocycles. The molecule has 5 nitrogen and oxygen atoms in total. The first-order valence-corrected chi connectivity index (χ1v) is 8.82. The Morgan fingerprint density at radius 1 is 1.33 bits per heavy atom. The van der Waals surface area contributed by atoms with Gasteiger partial charge in [-0.25, -0.2) is 13.1 Å². The highest BCUT2D eigenvalue weighted by Gasteiger charge is 2.21. The number of benzene rings is 1. The molecule has 1 aliphatic carbocycles. The number of hydrogen-bond acceptors (Lipinski definition) is 4. The molecular formula is C15H24N2O3S. The normalized spacial score (nSPS) is 15.3. The van der Waals surface area contributed by atoms with Crippen molar-refractivity contribution >= 4 is 15.7 Å². The van der Waals surface area contributed by atoms with Crippen LogP contribution in [0.4, 0.5) is 5.69 Å². The highest BCUT2D eigenvalue weighted by Crippen LogP contribution is 2.28. The quantitative estimate of drug-likeness (QED) is 0.568. The Bertz CT molecular complexity index is 572. The minimum Gasteiger partial charge on any atom is -0.398 e. The SMILES string of the molecule is Cc1cc(S(=O)(=O)NCCCOCC2CC2)cc(N)c1C. The van der Waals surface area contributed by atoms with Gasteiger partial charge in [-0.05, 0) is 62.3 Å². The van der Waals surface area contributed by atoms with Gasteiger partial charge in [-0.1, -0.05) is 0 Å². The predicted octanol–water partition coefficient (Wildman–Crippen LogP) is 1.98. The minimum atomic E-state index is -3.50. The Labute approximate surface area is 126 Å². The lowest BCUT2D eigenvalue weighted by Crippen LogP contribution is -2.26. The van der Waals surface area contributed by atoms with Gasteiger partial charge in [0, 0.05) is 25.4 Å². The average molecular weight is 312 g/mol. The highest BCUT2D eigenvalue weighted by atomic mass is 32.2. The lowest BCUT2D eigenvalue weighted by atomic mass is 10.1.